The number of nitrogens with one attached hydrogen (secondary N) is 1. The summed E-state index contributed by atoms with van der Waals surface area (Å²) >= 11 is 0. The van der Waals surface area contributed by atoms with Crippen LogP contribution in [0.5, 0.6) is 0 Å². The highest BCUT2D eigenvalue weighted by atomic mass is 16.2. The molecular weight excluding hydrogens is 518 g/mol. The van der Waals surface area contributed by atoms with Gasteiger partial charge in [0.15, 0.2) is 17.2 Å². The Kier molecular flexibility index (Phi) is 7.84. The lowest BCUT2D eigenvalue weighted by molar-refractivity contribution is -0.111. The number of carbonyl (C=O) groups excluding carboxylic acids is 2. The molecule has 5 aromatic rings. The van der Waals surface area contributed by atoms with E-state index in [1.807, 2.05) is 43.3 Å². The highest BCUT2D eigenvalue weighted by Gasteiger charge is 2.21. The van der Waals surface area contributed by atoms with E-state index in [4.69, 9.17) is 5.73 Å². The lowest BCUT2D eigenvalue weighted by Gasteiger charge is -2.07. The van der Waals surface area contributed by atoms with Crippen LogP contribution in [0.2, 0.25) is 0 Å². The molecule has 5 rings (SSSR count). The van der Waals surface area contributed by atoms with Crippen LogP contribution in [0.3, 0.4) is 0 Å². The van der Waals surface area contributed by atoms with Crippen molar-refractivity contribution in [2.24, 2.45) is 0 Å². The van der Waals surface area contributed by atoms with Crippen LogP contribution in [0, 0.1) is 0 Å². The second kappa shape index (κ2) is 11.8. The smallest absolute Gasteiger partial charge is 0.339 e. The number of fused-ring (bicyclic) bond motifs is 1. The average molecular weight is 548 g/mol. The van der Waals surface area contributed by atoms with Crippen LogP contribution in [0.15, 0.2) is 102 Å². The number of amides is 1. The summed E-state index contributed by atoms with van der Waals surface area (Å²) in [6, 6.07) is 22.6. The summed E-state index contributed by atoms with van der Waals surface area (Å²) < 4.78 is 2.83. The molecule has 2 aromatic heterocycles. The zero-order chi connectivity index (χ0) is 28.9. The Morgan fingerprint density at radius 2 is 1.63 bits per heavy atom. The Morgan fingerprint density at radius 3 is 2.37 bits per heavy atom. The molecule has 0 radical (unpaired) electrons. The number of carbonyl (C=O) groups is 2. The predicted octanol–water partition coefficient (Wildman–Crippen LogP) is 3.83. The van der Waals surface area contributed by atoms with Crippen LogP contribution in [0.25, 0.3) is 22.5 Å². The van der Waals surface area contributed by atoms with E-state index in [0.29, 0.717) is 39.4 Å². The van der Waals surface area contributed by atoms with Gasteiger partial charge in [-0.2, -0.15) is 0 Å². The van der Waals surface area contributed by atoms with E-state index in [9.17, 15) is 14.4 Å². The molecule has 0 atom stereocenters. The molecule has 41 heavy (non-hydrogen) atoms. The summed E-state index contributed by atoms with van der Waals surface area (Å²) in [7, 11) is 3.94. The van der Waals surface area contributed by atoms with Gasteiger partial charge < -0.3 is 16.0 Å². The zero-order valence-corrected chi connectivity index (χ0v) is 22.7. The van der Waals surface area contributed by atoms with E-state index in [-0.39, 0.29) is 17.5 Å². The lowest BCUT2D eigenvalue weighted by atomic mass is 10.0. The van der Waals surface area contributed by atoms with Crippen LogP contribution in [-0.2, 0) is 4.79 Å². The van der Waals surface area contributed by atoms with Crippen molar-refractivity contribution in [2.45, 2.75) is 6.42 Å². The molecule has 0 saturated carbocycles. The highest BCUT2D eigenvalue weighted by molar-refractivity contribution is 6.09. The second-order valence-electron chi connectivity index (χ2n) is 9.66. The lowest BCUT2D eigenvalue weighted by Crippen LogP contribution is -2.22. The molecule has 1 amide bonds. The van der Waals surface area contributed by atoms with Crippen molar-refractivity contribution in [3.05, 3.63) is 119 Å². The third-order valence-electron chi connectivity index (χ3n) is 6.46. The molecule has 10 heteroatoms. The van der Waals surface area contributed by atoms with Gasteiger partial charge in [-0.05, 0) is 69.1 Å². The first kappa shape index (κ1) is 27.2. The summed E-state index contributed by atoms with van der Waals surface area (Å²) in [5.41, 5.74) is 9.00. The van der Waals surface area contributed by atoms with Gasteiger partial charge in [-0.1, -0.05) is 42.5 Å². The van der Waals surface area contributed by atoms with Crippen LogP contribution in [0.1, 0.15) is 22.3 Å². The van der Waals surface area contributed by atoms with E-state index >= 15 is 0 Å². The van der Waals surface area contributed by atoms with Crippen molar-refractivity contribution in [1.29, 1.82) is 0 Å². The van der Waals surface area contributed by atoms with E-state index < -0.39 is 5.69 Å². The van der Waals surface area contributed by atoms with E-state index in [0.717, 1.165) is 13.0 Å². The molecule has 206 valence electrons. The normalized spacial score (nSPS) is 11.4. The number of nitrogens with two attached hydrogens (primary N) is 1. The molecule has 0 spiro atoms. The standard InChI is InChI=1S/C31H29N7O3/c1-36(2)18-7-6-13-26(39)35-23-11-8-12-25(19-23)38-30-27(29(32)33-20-34-30)37(31(38)41)24-16-14-22(15-17-24)28(40)21-9-4-3-5-10-21/h3-6,8-17,19-20H,7,18H2,1-2H3,(H,35,39)(H2,32,33,34)/b13-6+. The fourth-order valence-electron chi connectivity index (χ4n) is 4.47. The van der Waals surface area contributed by atoms with Gasteiger partial charge >= 0.3 is 5.69 Å². The van der Waals surface area contributed by atoms with Crippen molar-refractivity contribution in [3.63, 3.8) is 0 Å². The molecule has 0 saturated heterocycles. The number of ketones is 1. The average Bonchev–Trinajstić information content (AvgIpc) is 3.28. The summed E-state index contributed by atoms with van der Waals surface area (Å²) in [6.07, 6.45) is 5.35. The molecule has 3 N–H and O–H groups in total. The number of aromatic nitrogens is 4. The molecule has 10 nitrogen and oxygen atoms in total. The van der Waals surface area contributed by atoms with E-state index in [1.54, 1.807) is 60.7 Å². The van der Waals surface area contributed by atoms with Crippen molar-refractivity contribution in [1.82, 2.24) is 24.0 Å². The number of imidazole rings is 1. The zero-order valence-electron chi connectivity index (χ0n) is 22.7. The van der Waals surface area contributed by atoms with Gasteiger partial charge in [0.25, 0.3) is 0 Å². The Morgan fingerprint density at radius 1 is 0.902 bits per heavy atom. The third-order valence-corrected chi connectivity index (χ3v) is 6.46. The molecule has 0 fully saturated rings. The quantitative estimate of drug-likeness (QED) is 0.212. The maximum atomic E-state index is 13.9. The monoisotopic (exact) mass is 547 g/mol. The summed E-state index contributed by atoms with van der Waals surface area (Å²) in [4.78, 5) is 49.7. The predicted molar refractivity (Wildman–Crippen MR) is 160 cm³/mol. The van der Waals surface area contributed by atoms with Crippen molar-refractivity contribution in [3.8, 4) is 11.4 Å². The van der Waals surface area contributed by atoms with E-state index in [2.05, 4.69) is 15.3 Å². The third kappa shape index (κ3) is 5.82. The number of anilines is 2. The molecule has 3 aromatic carbocycles. The van der Waals surface area contributed by atoms with Gasteiger partial charge in [0.2, 0.25) is 5.91 Å². The summed E-state index contributed by atoms with van der Waals surface area (Å²) in [5, 5.41) is 2.84. The number of nitrogens with zero attached hydrogens (tertiary/aromatic N) is 5. The molecule has 0 aliphatic heterocycles. The fraction of sp³-hybridized carbons (Fsp3) is 0.129. The topological polar surface area (TPSA) is 128 Å². The van der Waals surface area contributed by atoms with Gasteiger partial charge in [0, 0.05) is 23.4 Å². The highest BCUT2D eigenvalue weighted by Crippen LogP contribution is 2.24. The van der Waals surface area contributed by atoms with Gasteiger partial charge in [0.1, 0.15) is 11.8 Å². The SMILES string of the molecule is CN(C)CC/C=C/C(=O)Nc1cccc(-n2c(=O)n(-c3ccc(C(=O)c4ccccc4)cc3)c3c(N)ncnc32)c1. The number of hydrogen-bond donors (Lipinski definition) is 2. The van der Waals surface area contributed by atoms with Crippen molar-refractivity contribution < 1.29 is 9.59 Å². The fourth-order valence-corrected chi connectivity index (χ4v) is 4.47. The van der Waals surface area contributed by atoms with E-state index in [1.165, 1.54) is 21.5 Å². The molecule has 2 heterocycles. The second-order valence-corrected chi connectivity index (χ2v) is 9.66. The molecule has 0 bridgehead atoms. The molecule has 0 unspecified atom stereocenters. The Bertz CT molecular complexity index is 1800. The first-order valence-corrected chi connectivity index (χ1v) is 13.0. The summed E-state index contributed by atoms with van der Waals surface area (Å²) in [5.74, 6) is -0.267. The minimum atomic E-state index is -0.429. The Labute approximate surface area is 236 Å². The minimum absolute atomic E-state index is 0.124. The number of nitrogen functional groups attached to an aromatic ring is 1. The largest absolute Gasteiger partial charge is 0.382 e. The number of hydrogen-bond acceptors (Lipinski definition) is 7. The number of rotatable bonds is 9. The van der Waals surface area contributed by atoms with Crippen LogP contribution in [-0.4, -0.2) is 56.3 Å². The van der Waals surface area contributed by atoms with Gasteiger partial charge in [0.05, 0.1) is 11.4 Å². The minimum Gasteiger partial charge on any atom is -0.382 e. The first-order chi connectivity index (χ1) is 19.8. The van der Waals surface area contributed by atoms with Gasteiger partial charge in [-0.25, -0.2) is 19.3 Å². The molecular formula is C31H29N7O3. The van der Waals surface area contributed by atoms with Crippen LogP contribution in [0.4, 0.5) is 11.5 Å². The van der Waals surface area contributed by atoms with Crippen molar-refractivity contribution >= 4 is 34.4 Å². The van der Waals surface area contributed by atoms with Crippen LogP contribution >= 0.6 is 0 Å². The van der Waals surface area contributed by atoms with Gasteiger partial charge in [-0.15, -0.1) is 0 Å². The number of benzene rings is 3. The Balaban J connectivity index is 1.50. The maximum Gasteiger partial charge on any atom is 0.339 e. The van der Waals surface area contributed by atoms with Gasteiger partial charge in [-0.3, -0.25) is 14.2 Å². The summed E-state index contributed by atoms with van der Waals surface area (Å²) in [6.45, 7) is 0.837. The van der Waals surface area contributed by atoms with Crippen molar-refractivity contribution in [2.75, 3.05) is 31.7 Å². The molecule has 0 aliphatic rings. The maximum absolute atomic E-state index is 13.9. The Hall–Kier alpha value is -5.35. The first-order valence-electron chi connectivity index (χ1n) is 13.0. The van der Waals surface area contributed by atoms with Crippen LogP contribution < -0.4 is 16.7 Å². The molecule has 0 aliphatic carbocycles.